The molecule has 1 heterocycles. The molecule has 1 fully saturated rings. The highest BCUT2D eigenvalue weighted by atomic mass is 16.2. The van der Waals surface area contributed by atoms with Gasteiger partial charge >= 0.3 is 0 Å². The molecule has 3 rings (SSSR count). The van der Waals surface area contributed by atoms with Gasteiger partial charge in [-0.1, -0.05) is 44.2 Å². The van der Waals surface area contributed by atoms with Crippen molar-refractivity contribution in [3.05, 3.63) is 81.9 Å². The van der Waals surface area contributed by atoms with Crippen molar-refractivity contribution in [2.24, 2.45) is 5.92 Å². The molecule has 1 aliphatic carbocycles. The smallest absolute Gasteiger partial charge is 0.258 e. The molecule has 0 saturated carbocycles. The Bertz CT molecular complexity index is 1160. The van der Waals surface area contributed by atoms with E-state index < -0.39 is 5.54 Å². The van der Waals surface area contributed by atoms with Gasteiger partial charge in [-0.15, -0.1) is 0 Å². The average molecular weight is 458 g/mol. The Morgan fingerprint density at radius 2 is 2.03 bits per heavy atom. The second kappa shape index (κ2) is 10.1. The number of allylic oxidation sites excluding steroid dienone is 4. The molecule has 178 valence electrons. The van der Waals surface area contributed by atoms with Crippen molar-refractivity contribution in [2.75, 3.05) is 0 Å². The van der Waals surface area contributed by atoms with E-state index in [1.54, 1.807) is 20.0 Å². The maximum Gasteiger partial charge on any atom is 0.258 e. The van der Waals surface area contributed by atoms with Gasteiger partial charge in [0, 0.05) is 29.1 Å². The Balaban J connectivity index is 1.93. The fourth-order valence-corrected chi connectivity index (χ4v) is 4.44. The third-order valence-corrected chi connectivity index (χ3v) is 6.48. The second-order valence-corrected chi connectivity index (χ2v) is 9.51. The van der Waals surface area contributed by atoms with Crippen molar-refractivity contribution in [3.63, 3.8) is 0 Å². The van der Waals surface area contributed by atoms with Crippen LogP contribution in [0.4, 0.5) is 0 Å². The molecule has 1 aromatic carbocycles. The summed E-state index contributed by atoms with van der Waals surface area (Å²) >= 11 is 0. The number of carbonyl (C=O) groups is 1. The first-order valence-corrected chi connectivity index (χ1v) is 11.9. The first-order chi connectivity index (χ1) is 16.1. The van der Waals surface area contributed by atoms with E-state index in [1.807, 2.05) is 6.92 Å². The van der Waals surface area contributed by atoms with Gasteiger partial charge in [-0.3, -0.25) is 10.2 Å². The summed E-state index contributed by atoms with van der Waals surface area (Å²) in [6.07, 6.45) is 9.48. The van der Waals surface area contributed by atoms with Crippen LogP contribution < -0.4 is 16.0 Å². The van der Waals surface area contributed by atoms with Gasteiger partial charge in [-0.25, -0.2) is 0 Å². The van der Waals surface area contributed by atoms with Crippen LogP contribution in [0.3, 0.4) is 0 Å². The highest BCUT2D eigenvalue weighted by Gasteiger charge is 2.35. The fraction of sp³-hybridized carbons (Fsp3) is 0.393. The first-order valence-electron chi connectivity index (χ1n) is 11.9. The maximum absolute atomic E-state index is 12.9. The molecular formula is C28H35N5O. The Hall–Kier alpha value is -3.59. The van der Waals surface area contributed by atoms with E-state index in [-0.39, 0.29) is 17.7 Å². The van der Waals surface area contributed by atoms with Crippen molar-refractivity contribution in [1.82, 2.24) is 16.0 Å². The Labute approximate surface area is 203 Å². The second-order valence-electron chi connectivity index (χ2n) is 9.51. The van der Waals surface area contributed by atoms with Crippen LogP contribution in [0.1, 0.15) is 63.6 Å². The molecule has 0 bridgehead atoms. The lowest BCUT2D eigenvalue weighted by Gasteiger charge is -2.28. The highest BCUT2D eigenvalue weighted by molar-refractivity contribution is 6.06. The number of carbonyl (C=O) groups excluding carboxylic acids is 1. The van der Waals surface area contributed by atoms with Crippen LogP contribution in [0, 0.1) is 29.6 Å². The van der Waals surface area contributed by atoms with Gasteiger partial charge in [0.25, 0.3) is 5.91 Å². The molecule has 2 aliphatic rings. The lowest BCUT2D eigenvalue weighted by atomic mass is 9.76. The number of rotatable bonds is 7. The minimum Gasteiger partial charge on any atom is -0.374 e. The predicted molar refractivity (Wildman–Crippen MR) is 137 cm³/mol. The summed E-state index contributed by atoms with van der Waals surface area (Å²) in [7, 11) is 0. The third-order valence-electron chi connectivity index (χ3n) is 6.48. The molecule has 1 aromatic rings. The predicted octanol–water partition coefficient (Wildman–Crippen LogP) is 4.87. The zero-order chi connectivity index (χ0) is 25.0. The van der Waals surface area contributed by atoms with Crippen LogP contribution in [-0.2, 0) is 11.2 Å². The Morgan fingerprint density at radius 1 is 1.29 bits per heavy atom. The number of benzene rings is 1. The molecule has 34 heavy (non-hydrogen) atoms. The van der Waals surface area contributed by atoms with Gasteiger partial charge in [-0.2, -0.15) is 5.26 Å². The van der Waals surface area contributed by atoms with Crippen LogP contribution in [0.2, 0.25) is 0 Å². The molecule has 6 nitrogen and oxygen atoms in total. The van der Waals surface area contributed by atoms with E-state index in [4.69, 9.17) is 10.7 Å². The number of nitrogens with one attached hydrogen (secondary N) is 4. The molecule has 1 saturated heterocycles. The number of hydrogen-bond donors (Lipinski definition) is 4. The number of fused-ring (bicyclic) bond motifs is 1. The zero-order valence-electron chi connectivity index (χ0n) is 21.0. The van der Waals surface area contributed by atoms with Crippen LogP contribution in [0.25, 0.3) is 0 Å². The van der Waals surface area contributed by atoms with Gasteiger partial charge in [0.2, 0.25) is 0 Å². The third kappa shape index (κ3) is 5.31. The van der Waals surface area contributed by atoms with E-state index in [2.05, 4.69) is 73.1 Å². The van der Waals surface area contributed by atoms with Crippen molar-refractivity contribution < 1.29 is 4.79 Å². The summed E-state index contributed by atoms with van der Waals surface area (Å²) in [5.74, 6) is 0.454. The molecule has 0 spiro atoms. The minimum atomic E-state index is -0.722. The molecule has 0 aromatic heterocycles. The Kier molecular flexibility index (Phi) is 7.46. The van der Waals surface area contributed by atoms with Crippen LogP contribution in [0.5, 0.6) is 0 Å². The average Bonchev–Trinajstić information content (AvgIpc) is 3.13. The molecule has 4 N–H and O–H groups in total. The molecule has 1 aliphatic heterocycles. The number of aryl methyl sites for hydroxylation is 2. The monoisotopic (exact) mass is 457 g/mol. The van der Waals surface area contributed by atoms with E-state index >= 15 is 0 Å². The van der Waals surface area contributed by atoms with E-state index in [0.29, 0.717) is 17.2 Å². The number of amides is 1. The van der Waals surface area contributed by atoms with Crippen LogP contribution in [-0.4, -0.2) is 17.3 Å². The molecule has 0 radical (unpaired) electrons. The van der Waals surface area contributed by atoms with Crippen LogP contribution >= 0.6 is 0 Å². The molecule has 1 amide bonds. The maximum atomic E-state index is 12.9. The molecular weight excluding hydrogens is 422 g/mol. The lowest BCUT2D eigenvalue weighted by Crippen LogP contribution is -2.33. The van der Waals surface area contributed by atoms with Crippen molar-refractivity contribution >= 4 is 11.7 Å². The first kappa shape index (κ1) is 25.0. The van der Waals surface area contributed by atoms with Gasteiger partial charge < -0.3 is 16.0 Å². The highest BCUT2D eigenvalue weighted by Crippen LogP contribution is 2.42. The minimum absolute atomic E-state index is 0.127. The van der Waals surface area contributed by atoms with E-state index in [1.165, 1.54) is 22.8 Å². The van der Waals surface area contributed by atoms with Crippen LogP contribution in [0.15, 0.2) is 65.2 Å². The lowest BCUT2D eigenvalue weighted by molar-refractivity contribution is -0.115. The summed E-state index contributed by atoms with van der Waals surface area (Å²) in [6.45, 7) is 11.8. The van der Waals surface area contributed by atoms with Gasteiger partial charge in [-0.05, 0) is 69.2 Å². The van der Waals surface area contributed by atoms with Crippen molar-refractivity contribution in [2.45, 2.75) is 65.8 Å². The molecule has 2 unspecified atom stereocenters. The van der Waals surface area contributed by atoms with E-state index in [9.17, 15) is 4.79 Å². The largest absolute Gasteiger partial charge is 0.374 e. The number of nitrogens with zero attached hydrogens (tertiary/aromatic N) is 1. The zero-order valence-corrected chi connectivity index (χ0v) is 21.0. The number of hydrogen-bond acceptors (Lipinski definition) is 4. The summed E-state index contributed by atoms with van der Waals surface area (Å²) < 4.78 is 0. The topological polar surface area (TPSA) is 101 Å². The fourth-order valence-electron chi connectivity index (χ4n) is 4.44. The number of nitriles is 1. The summed E-state index contributed by atoms with van der Waals surface area (Å²) in [6, 6.07) is 8.82. The van der Waals surface area contributed by atoms with Gasteiger partial charge in [0.15, 0.2) is 0 Å². The quantitative estimate of drug-likeness (QED) is 0.267. The van der Waals surface area contributed by atoms with E-state index in [0.717, 1.165) is 24.1 Å². The normalized spacial score (nSPS) is 21.3. The Morgan fingerprint density at radius 3 is 2.68 bits per heavy atom. The summed E-state index contributed by atoms with van der Waals surface area (Å²) in [5, 5.41) is 26.3. The standard InChI is InChI=1S/C28H35N5O/c1-7-19-10-9-17(3)21(13-19)22-15-23-24(14-20(22)8-2)33-27(34)26(23)18(4)32-25(30)11-12-31-28(5,6)16-29/h9-15,20,22,31H,7-8H2,1-6H3,(H2,30,32)(H,33,34)/b12-11-,26-18-. The van der Waals surface area contributed by atoms with Gasteiger partial charge in [0.05, 0.1) is 11.6 Å². The van der Waals surface area contributed by atoms with Crippen molar-refractivity contribution in [3.8, 4) is 6.07 Å². The molecule has 6 heteroatoms. The summed E-state index contributed by atoms with van der Waals surface area (Å²) in [5.41, 5.74) is 6.09. The van der Waals surface area contributed by atoms with Gasteiger partial charge in [0.1, 0.15) is 11.4 Å². The van der Waals surface area contributed by atoms with Crippen molar-refractivity contribution in [1.29, 1.82) is 10.7 Å². The summed E-state index contributed by atoms with van der Waals surface area (Å²) in [4.78, 5) is 12.9. The SMILES string of the molecule is CCc1ccc(C)c(C2C=C3C(=CC2CC)NC(=O)/C3=C(/C)NC(=N)/C=C\NC(C)(C)C#N)c1. The molecule has 2 atom stereocenters. The number of amidine groups is 1.